The zero-order valence-corrected chi connectivity index (χ0v) is 14.7. The second-order valence-electron chi connectivity index (χ2n) is 6.06. The van der Waals surface area contributed by atoms with Gasteiger partial charge in [-0.1, -0.05) is 43.3 Å². The summed E-state index contributed by atoms with van der Waals surface area (Å²) in [5, 5.41) is 6.36. The third kappa shape index (κ3) is 4.28. The van der Waals surface area contributed by atoms with Crippen LogP contribution in [0.3, 0.4) is 0 Å². The first-order valence-corrected chi connectivity index (χ1v) is 7.95. The molecule has 24 heavy (non-hydrogen) atoms. The summed E-state index contributed by atoms with van der Waals surface area (Å²) in [5.41, 5.74) is 4.23. The number of nitrogens with one attached hydrogen (secondary N) is 2. The van der Waals surface area contributed by atoms with Gasteiger partial charge < -0.3 is 15.4 Å². The molecule has 2 N–H and O–H groups in total. The standard InChI is InChI=1S/C19H22N2O2.ClH/c1-13-11-16-17(20-14(2)22)9-6-10-18(16)21-19(13)23-12-15-7-4-3-5-8-15;/h3-10,13,19,21H,11-12H2,1-2H3,(H,20,22);1H. The number of amides is 1. The molecule has 1 heterocycles. The number of halogens is 1. The van der Waals surface area contributed by atoms with E-state index in [9.17, 15) is 4.79 Å². The summed E-state index contributed by atoms with van der Waals surface area (Å²) in [6.07, 6.45) is 0.841. The van der Waals surface area contributed by atoms with Crippen molar-refractivity contribution < 1.29 is 9.53 Å². The Morgan fingerprint density at radius 3 is 2.67 bits per heavy atom. The zero-order chi connectivity index (χ0) is 16.2. The fourth-order valence-electron chi connectivity index (χ4n) is 2.94. The van der Waals surface area contributed by atoms with Crippen LogP contribution in [-0.4, -0.2) is 12.1 Å². The highest BCUT2D eigenvalue weighted by atomic mass is 35.5. The van der Waals surface area contributed by atoms with Gasteiger partial charge in [0.1, 0.15) is 6.23 Å². The van der Waals surface area contributed by atoms with Gasteiger partial charge in [0.2, 0.25) is 5.91 Å². The van der Waals surface area contributed by atoms with Crippen LogP contribution in [0.25, 0.3) is 0 Å². The largest absolute Gasteiger partial charge is 0.360 e. The Labute approximate surface area is 149 Å². The molecule has 0 bridgehead atoms. The molecule has 128 valence electrons. The van der Waals surface area contributed by atoms with Gasteiger partial charge >= 0.3 is 0 Å². The van der Waals surface area contributed by atoms with Gasteiger partial charge in [0.15, 0.2) is 0 Å². The first-order valence-electron chi connectivity index (χ1n) is 7.95. The molecule has 1 aliphatic heterocycles. The van der Waals surface area contributed by atoms with Crippen molar-refractivity contribution in [2.45, 2.75) is 33.1 Å². The average Bonchev–Trinajstić information content (AvgIpc) is 2.54. The maximum Gasteiger partial charge on any atom is 0.221 e. The van der Waals surface area contributed by atoms with Crippen molar-refractivity contribution in [2.75, 3.05) is 10.6 Å². The molecule has 0 aliphatic carbocycles. The average molecular weight is 347 g/mol. The maximum absolute atomic E-state index is 11.3. The minimum atomic E-state index is -0.0477. The number of hydrogen-bond acceptors (Lipinski definition) is 3. The van der Waals surface area contributed by atoms with E-state index in [0.29, 0.717) is 12.5 Å². The molecule has 4 nitrogen and oxygen atoms in total. The van der Waals surface area contributed by atoms with Crippen molar-refractivity contribution >= 4 is 29.7 Å². The van der Waals surface area contributed by atoms with Gasteiger partial charge in [-0.2, -0.15) is 0 Å². The number of carbonyl (C=O) groups is 1. The van der Waals surface area contributed by atoms with Crippen LogP contribution < -0.4 is 10.6 Å². The van der Waals surface area contributed by atoms with E-state index < -0.39 is 0 Å². The molecular formula is C19H23ClN2O2. The lowest BCUT2D eigenvalue weighted by Gasteiger charge is -2.33. The molecule has 2 unspecified atom stereocenters. The monoisotopic (exact) mass is 346 g/mol. The minimum Gasteiger partial charge on any atom is -0.360 e. The summed E-state index contributed by atoms with van der Waals surface area (Å²) in [6, 6.07) is 16.1. The molecule has 3 rings (SSSR count). The summed E-state index contributed by atoms with van der Waals surface area (Å²) in [4.78, 5) is 11.3. The molecule has 5 heteroatoms. The van der Waals surface area contributed by atoms with Gasteiger partial charge in [0, 0.05) is 24.2 Å². The summed E-state index contributed by atoms with van der Waals surface area (Å²) in [7, 11) is 0. The third-order valence-electron chi connectivity index (χ3n) is 4.10. The van der Waals surface area contributed by atoms with E-state index in [0.717, 1.165) is 23.4 Å². The lowest BCUT2D eigenvalue weighted by molar-refractivity contribution is -0.114. The van der Waals surface area contributed by atoms with Crippen LogP contribution in [-0.2, 0) is 22.6 Å². The Morgan fingerprint density at radius 2 is 1.96 bits per heavy atom. The Kier molecular flexibility index (Phi) is 6.23. The van der Waals surface area contributed by atoms with Crippen molar-refractivity contribution in [3.05, 3.63) is 59.7 Å². The van der Waals surface area contributed by atoms with Crippen molar-refractivity contribution in [3.63, 3.8) is 0 Å². The van der Waals surface area contributed by atoms with E-state index in [1.165, 1.54) is 12.5 Å². The van der Waals surface area contributed by atoms with Crippen LogP contribution in [0, 0.1) is 5.92 Å². The molecule has 0 radical (unpaired) electrons. The van der Waals surface area contributed by atoms with Crippen LogP contribution in [0.4, 0.5) is 11.4 Å². The molecular weight excluding hydrogens is 324 g/mol. The topological polar surface area (TPSA) is 50.4 Å². The first kappa shape index (κ1) is 18.3. The van der Waals surface area contributed by atoms with Gasteiger partial charge in [-0.05, 0) is 29.7 Å². The predicted molar refractivity (Wildman–Crippen MR) is 99.5 cm³/mol. The number of carbonyl (C=O) groups excluding carboxylic acids is 1. The van der Waals surface area contributed by atoms with Crippen LogP contribution in [0.2, 0.25) is 0 Å². The van der Waals surface area contributed by atoms with Crippen molar-refractivity contribution in [1.82, 2.24) is 0 Å². The number of hydrogen-bond donors (Lipinski definition) is 2. The highest BCUT2D eigenvalue weighted by molar-refractivity contribution is 5.90. The molecule has 0 saturated carbocycles. The molecule has 2 atom stereocenters. The molecule has 1 amide bonds. The van der Waals surface area contributed by atoms with Gasteiger partial charge in [0.05, 0.1) is 6.61 Å². The van der Waals surface area contributed by atoms with E-state index in [1.54, 1.807) is 0 Å². The Balaban J connectivity index is 0.00000208. The molecule has 0 aromatic heterocycles. The highest BCUT2D eigenvalue weighted by Gasteiger charge is 2.27. The predicted octanol–water partition coefficient (Wildman–Crippen LogP) is 4.21. The normalized spacial score (nSPS) is 18.8. The van der Waals surface area contributed by atoms with E-state index >= 15 is 0 Å². The van der Waals surface area contributed by atoms with Crippen molar-refractivity contribution in [2.24, 2.45) is 5.92 Å². The second kappa shape index (κ2) is 8.18. The van der Waals surface area contributed by atoms with E-state index in [4.69, 9.17) is 4.74 Å². The third-order valence-corrected chi connectivity index (χ3v) is 4.10. The maximum atomic E-state index is 11.3. The Morgan fingerprint density at radius 1 is 1.21 bits per heavy atom. The Hall–Kier alpha value is -2.04. The van der Waals surface area contributed by atoms with Gasteiger partial charge in [0.25, 0.3) is 0 Å². The Bertz CT molecular complexity index is 691. The van der Waals surface area contributed by atoms with Crippen molar-refractivity contribution in [3.8, 4) is 0 Å². The number of ether oxygens (including phenoxy) is 1. The van der Waals surface area contributed by atoms with E-state index in [2.05, 4.69) is 29.7 Å². The minimum absolute atomic E-state index is 0. The second-order valence-corrected chi connectivity index (χ2v) is 6.06. The summed E-state index contributed by atoms with van der Waals surface area (Å²) in [5.74, 6) is 0.273. The van der Waals surface area contributed by atoms with Gasteiger partial charge in [-0.15, -0.1) is 12.4 Å². The van der Waals surface area contributed by atoms with Crippen LogP contribution in [0.15, 0.2) is 48.5 Å². The summed E-state index contributed by atoms with van der Waals surface area (Å²) in [6.45, 7) is 4.28. The number of anilines is 2. The molecule has 1 aliphatic rings. The van der Waals surface area contributed by atoms with Gasteiger partial charge in [-0.25, -0.2) is 0 Å². The molecule has 2 aromatic rings. The fourth-order valence-corrected chi connectivity index (χ4v) is 2.94. The van der Waals surface area contributed by atoms with Gasteiger partial charge in [-0.3, -0.25) is 4.79 Å². The number of rotatable bonds is 4. The summed E-state index contributed by atoms with van der Waals surface area (Å²) >= 11 is 0. The lowest BCUT2D eigenvalue weighted by Crippen LogP contribution is -2.36. The SMILES string of the molecule is CC(=O)Nc1cccc2c1CC(C)C(OCc1ccccc1)N2.Cl. The molecule has 0 spiro atoms. The zero-order valence-electron chi connectivity index (χ0n) is 13.9. The number of fused-ring (bicyclic) bond motifs is 1. The van der Waals surface area contributed by atoms with Crippen LogP contribution in [0.5, 0.6) is 0 Å². The quantitative estimate of drug-likeness (QED) is 0.871. The fraction of sp³-hybridized carbons (Fsp3) is 0.316. The van der Waals surface area contributed by atoms with E-state index in [-0.39, 0.29) is 24.5 Å². The lowest BCUT2D eigenvalue weighted by atomic mass is 9.92. The van der Waals surface area contributed by atoms with Crippen LogP contribution in [0.1, 0.15) is 25.0 Å². The van der Waals surface area contributed by atoms with Crippen molar-refractivity contribution in [1.29, 1.82) is 0 Å². The van der Waals surface area contributed by atoms with Crippen LogP contribution >= 0.6 is 12.4 Å². The molecule has 0 fully saturated rings. The smallest absolute Gasteiger partial charge is 0.221 e. The first-order chi connectivity index (χ1) is 11.1. The highest BCUT2D eigenvalue weighted by Crippen LogP contribution is 2.34. The summed E-state index contributed by atoms with van der Waals surface area (Å²) < 4.78 is 6.06. The van der Waals surface area contributed by atoms with E-state index in [1.807, 2.05) is 36.4 Å². The molecule has 2 aromatic carbocycles. The number of benzene rings is 2. The molecule has 0 saturated heterocycles.